The van der Waals surface area contributed by atoms with E-state index in [-0.39, 0.29) is 23.8 Å². The number of nitrogens with zero attached hydrogens (tertiary/aromatic N) is 4. The number of hydrogen-bond acceptors (Lipinski definition) is 6. The van der Waals surface area contributed by atoms with Crippen LogP contribution in [0.4, 0.5) is 4.79 Å². The molecule has 0 atom stereocenters. The summed E-state index contributed by atoms with van der Waals surface area (Å²) in [6.45, 7) is 3.16. The first kappa shape index (κ1) is 20.7. The molecule has 1 fully saturated rings. The minimum Gasteiger partial charge on any atom is -0.452 e. The number of imidazole rings is 1. The third-order valence-corrected chi connectivity index (χ3v) is 4.67. The molecule has 2 aromatic heterocycles. The van der Waals surface area contributed by atoms with Crippen molar-refractivity contribution in [3.63, 3.8) is 0 Å². The van der Waals surface area contributed by atoms with E-state index in [1.54, 1.807) is 33.4 Å². The summed E-state index contributed by atoms with van der Waals surface area (Å²) in [5, 5.41) is 0.260. The summed E-state index contributed by atoms with van der Waals surface area (Å²) in [5.41, 5.74) is 1.20. The number of halogens is 1. The van der Waals surface area contributed by atoms with Gasteiger partial charge in [0.05, 0.1) is 12.3 Å². The molecule has 0 spiro atoms. The van der Waals surface area contributed by atoms with Gasteiger partial charge in [0, 0.05) is 38.5 Å². The van der Waals surface area contributed by atoms with Crippen molar-refractivity contribution in [2.24, 2.45) is 0 Å². The SMILES string of the molecule is CCOC(=O)N1CCN(C(=O)COC(=O)/C=C/c2c(Cl)nc3ccccn23)CC1. The van der Waals surface area contributed by atoms with Crippen LogP contribution in [0.1, 0.15) is 12.6 Å². The third kappa shape index (κ3) is 5.05. The van der Waals surface area contributed by atoms with E-state index in [1.807, 2.05) is 12.1 Å². The Kier molecular flexibility index (Phi) is 6.71. The number of hydrogen-bond donors (Lipinski definition) is 0. The summed E-state index contributed by atoms with van der Waals surface area (Å²) < 4.78 is 11.7. The van der Waals surface area contributed by atoms with E-state index in [1.165, 1.54) is 12.2 Å². The van der Waals surface area contributed by atoms with E-state index in [0.29, 0.717) is 44.1 Å². The van der Waals surface area contributed by atoms with Crippen molar-refractivity contribution >= 4 is 41.3 Å². The highest BCUT2D eigenvalue weighted by Gasteiger charge is 2.25. The first-order chi connectivity index (χ1) is 14.0. The number of aromatic nitrogens is 2. The number of esters is 1. The fraction of sp³-hybridized carbons (Fsp3) is 0.368. The quantitative estimate of drug-likeness (QED) is 0.541. The van der Waals surface area contributed by atoms with Crippen LogP contribution < -0.4 is 0 Å². The molecule has 29 heavy (non-hydrogen) atoms. The number of amides is 2. The molecule has 1 saturated heterocycles. The lowest BCUT2D eigenvalue weighted by Gasteiger charge is -2.33. The first-order valence-corrected chi connectivity index (χ1v) is 9.54. The van der Waals surface area contributed by atoms with Crippen LogP contribution in [0.3, 0.4) is 0 Å². The van der Waals surface area contributed by atoms with Crippen LogP contribution in [0.2, 0.25) is 5.15 Å². The fourth-order valence-corrected chi connectivity index (χ4v) is 3.15. The van der Waals surface area contributed by atoms with Gasteiger partial charge in [-0.25, -0.2) is 14.6 Å². The molecule has 1 aliphatic rings. The van der Waals surface area contributed by atoms with Crippen molar-refractivity contribution in [2.75, 3.05) is 39.4 Å². The zero-order chi connectivity index (χ0) is 20.8. The Morgan fingerprint density at radius 3 is 2.59 bits per heavy atom. The molecule has 0 aromatic carbocycles. The molecule has 2 aromatic rings. The summed E-state index contributed by atoms with van der Waals surface area (Å²) in [6.07, 6.45) is 4.09. The highest BCUT2D eigenvalue weighted by molar-refractivity contribution is 6.31. The average Bonchev–Trinajstić information content (AvgIpc) is 3.05. The normalized spacial score (nSPS) is 14.4. The summed E-state index contributed by atoms with van der Waals surface area (Å²) in [5.74, 6) is -0.978. The summed E-state index contributed by atoms with van der Waals surface area (Å²) in [4.78, 5) is 43.1. The molecule has 1 aliphatic heterocycles. The van der Waals surface area contributed by atoms with Crippen molar-refractivity contribution in [1.82, 2.24) is 19.2 Å². The largest absolute Gasteiger partial charge is 0.452 e. The van der Waals surface area contributed by atoms with Gasteiger partial charge in [0.15, 0.2) is 11.8 Å². The maximum Gasteiger partial charge on any atom is 0.409 e. The molecule has 9 nitrogen and oxygen atoms in total. The van der Waals surface area contributed by atoms with E-state index in [4.69, 9.17) is 21.1 Å². The Balaban J connectivity index is 1.48. The highest BCUT2D eigenvalue weighted by Crippen LogP contribution is 2.18. The van der Waals surface area contributed by atoms with Crippen LogP contribution in [0.25, 0.3) is 11.7 Å². The third-order valence-electron chi connectivity index (χ3n) is 4.40. The second-order valence-electron chi connectivity index (χ2n) is 6.22. The summed E-state index contributed by atoms with van der Waals surface area (Å²) in [7, 11) is 0. The van der Waals surface area contributed by atoms with Crippen molar-refractivity contribution in [3.05, 3.63) is 41.3 Å². The predicted octanol–water partition coefficient (Wildman–Crippen LogP) is 1.84. The van der Waals surface area contributed by atoms with Crippen molar-refractivity contribution in [1.29, 1.82) is 0 Å². The molecule has 0 aliphatic carbocycles. The first-order valence-electron chi connectivity index (χ1n) is 9.16. The Hall–Kier alpha value is -3.07. The van der Waals surface area contributed by atoms with Crippen LogP contribution in [0, 0.1) is 0 Å². The van der Waals surface area contributed by atoms with E-state index >= 15 is 0 Å². The minimum atomic E-state index is -0.662. The van der Waals surface area contributed by atoms with Gasteiger partial charge in [0.1, 0.15) is 5.65 Å². The lowest BCUT2D eigenvalue weighted by Crippen LogP contribution is -2.51. The van der Waals surface area contributed by atoms with Crippen LogP contribution in [0.15, 0.2) is 30.5 Å². The number of rotatable bonds is 5. The topological polar surface area (TPSA) is 93.5 Å². The molecular weight excluding hydrogens is 400 g/mol. The van der Waals surface area contributed by atoms with Gasteiger partial charge in [0.2, 0.25) is 0 Å². The van der Waals surface area contributed by atoms with Crippen LogP contribution in [-0.4, -0.2) is 76.5 Å². The van der Waals surface area contributed by atoms with Gasteiger partial charge in [-0.1, -0.05) is 17.7 Å². The van der Waals surface area contributed by atoms with Gasteiger partial charge < -0.3 is 19.3 Å². The minimum absolute atomic E-state index is 0.260. The lowest BCUT2D eigenvalue weighted by atomic mass is 10.3. The summed E-state index contributed by atoms with van der Waals surface area (Å²) >= 11 is 6.10. The van der Waals surface area contributed by atoms with Crippen LogP contribution in [0.5, 0.6) is 0 Å². The fourth-order valence-electron chi connectivity index (χ4n) is 2.91. The Morgan fingerprint density at radius 2 is 1.86 bits per heavy atom. The molecule has 10 heteroatoms. The Bertz CT molecular complexity index is 934. The highest BCUT2D eigenvalue weighted by atomic mass is 35.5. The van der Waals surface area contributed by atoms with Gasteiger partial charge >= 0.3 is 12.1 Å². The maximum atomic E-state index is 12.2. The Morgan fingerprint density at radius 1 is 1.14 bits per heavy atom. The molecule has 0 bridgehead atoms. The molecule has 3 rings (SSSR count). The number of carbonyl (C=O) groups is 3. The van der Waals surface area contributed by atoms with Crippen molar-refractivity contribution < 1.29 is 23.9 Å². The van der Waals surface area contributed by atoms with Gasteiger partial charge in [-0.05, 0) is 25.1 Å². The lowest BCUT2D eigenvalue weighted by molar-refractivity contribution is -0.148. The molecule has 0 unspecified atom stereocenters. The molecule has 0 saturated carbocycles. The number of pyridine rings is 1. The standard InChI is InChI=1S/C19H21ClN4O5/c1-2-28-19(27)23-11-9-22(10-12-23)16(25)13-29-17(26)7-6-14-18(20)21-15-5-3-4-8-24(14)15/h3-8H,2,9-13H2,1H3/b7-6+. The molecule has 0 radical (unpaired) electrons. The zero-order valence-corrected chi connectivity index (χ0v) is 16.7. The predicted molar refractivity (Wildman–Crippen MR) is 105 cm³/mol. The monoisotopic (exact) mass is 420 g/mol. The van der Waals surface area contributed by atoms with E-state index in [2.05, 4.69) is 4.98 Å². The number of carbonyl (C=O) groups excluding carboxylic acids is 3. The second-order valence-corrected chi connectivity index (χ2v) is 6.58. The van der Waals surface area contributed by atoms with Crippen molar-refractivity contribution in [2.45, 2.75) is 6.92 Å². The zero-order valence-electron chi connectivity index (χ0n) is 15.9. The second kappa shape index (κ2) is 9.42. The average molecular weight is 421 g/mol. The van der Waals surface area contributed by atoms with E-state index in [9.17, 15) is 14.4 Å². The molecule has 0 N–H and O–H groups in total. The molecule has 154 valence electrons. The molecule has 2 amide bonds. The summed E-state index contributed by atoms with van der Waals surface area (Å²) in [6, 6.07) is 5.45. The molecule has 3 heterocycles. The van der Waals surface area contributed by atoms with Gasteiger partial charge in [-0.2, -0.15) is 0 Å². The van der Waals surface area contributed by atoms with Gasteiger partial charge in [-0.15, -0.1) is 0 Å². The maximum absolute atomic E-state index is 12.2. The number of piperazine rings is 1. The van der Waals surface area contributed by atoms with Crippen LogP contribution in [-0.2, 0) is 19.1 Å². The number of fused-ring (bicyclic) bond motifs is 1. The Labute approximate surface area is 172 Å². The number of ether oxygens (including phenoxy) is 2. The van der Waals surface area contributed by atoms with Crippen LogP contribution >= 0.6 is 11.6 Å². The van der Waals surface area contributed by atoms with E-state index in [0.717, 1.165) is 0 Å². The molecular formula is C19H21ClN4O5. The smallest absolute Gasteiger partial charge is 0.409 e. The van der Waals surface area contributed by atoms with Crippen molar-refractivity contribution in [3.8, 4) is 0 Å². The van der Waals surface area contributed by atoms with E-state index < -0.39 is 5.97 Å². The van der Waals surface area contributed by atoms with Gasteiger partial charge in [0.25, 0.3) is 5.91 Å². The van der Waals surface area contributed by atoms with Gasteiger partial charge in [-0.3, -0.25) is 9.20 Å².